The Labute approximate surface area is 142 Å². The molecule has 0 spiro atoms. The predicted molar refractivity (Wildman–Crippen MR) is 91.6 cm³/mol. The van der Waals surface area contributed by atoms with Crippen LogP contribution in [0, 0.1) is 5.92 Å². The first-order valence-electron chi connectivity index (χ1n) is 8.05. The molecule has 1 amide bonds. The van der Waals surface area contributed by atoms with E-state index in [0.29, 0.717) is 34.2 Å². The fourth-order valence-electron chi connectivity index (χ4n) is 3.01. The zero-order valence-corrected chi connectivity index (χ0v) is 14.3. The second-order valence-corrected chi connectivity index (χ2v) is 7.31. The molecule has 0 radical (unpaired) electrons. The molecule has 0 heterocycles. The number of hydrogen-bond acceptors (Lipinski definition) is 2. The van der Waals surface area contributed by atoms with E-state index in [0.717, 1.165) is 12.5 Å². The van der Waals surface area contributed by atoms with E-state index < -0.39 is 0 Å². The van der Waals surface area contributed by atoms with E-state index in [1.807, 2.05) is 0 Å². The van der Waals surface area contributed by atoms with Gasteiger partial charge in [0.05, 0.1) is 10.7 Å². The summed E-state index contributed by atoms with van der Waals surface area (Å²) in [4.78, 5) is 14.7. The number of carbonyl (C=O) groups excluding carboxylic acids is 1. The summed E-state index contributed by atoms with van der Waals surface area (Å²) in [7, 11) is 0. The van der Waals surface area contributed by atoms with E-state index in [-0.39, 0.29) is 5.91 Å². The topological polar surface area (TPSA) is 32.3 Å². The molecule has 1 unspecified atom stereocenters. The number of carbonyl (C=O) groups is 1. The summed E-state index contributed by atoms with van der Waals surface area (Å²) in [5, 5.41) is 3.96. The molecule has 3 rings (SSSR count). The lowest BCUT2D eigenvalue weighted by molar-refractivity contribution is -0.116. The van der Waals surface area contributed by atoms with Crippen LogP contribution >= 0.6 is 23.2 Å². The standard InChI is InChI=1S/C17H22Cl2N2O/c1-11(12-2-3-12)21(14-5-6-14)9-8-17(22)20-16-10-13(18)4-7-15(16)19/h4,7,10-12,14H,2-3,5-6,8-9H2,1H3,(H,20,22). The third-order valence-corrected chi connectivity index (χ3v) is 5.21. The van der Waals surface area contributed by atoms with Crippen molar-refractivity contribution in [2.24, 2.45) is 5.92 Å². The van der Waals surface area contributed by atoms with Crippen LogP contribution in [-0.4, -0.2) is 29.4 Å². The summed E-state index contributed by atoms with van der Waals surface area (Å²) in [6, 6.07) is 6.40. The van der Waals surface area contributed by atoms with Gasteiger partial charge in [0.1, 0.15) is 0 Å². The maximum absolute atomic E-state index is 12.2. The van der Waals surface area contributed by atoms with Gasteiger partial charge in [0, 0.05) is 30.1 Å². The first kappa shape index (κ1) is 16.1. The van der Waals surface area contributed by atoms with Crippen LogP contribution < -0.4 is 5.32 Å². The maximum Gasteiger partial charge on any atom is 0.225 e. The second-order valence-electron chi connectivity index (χ2n) is 6.47. The molecule has 0 saturated heterocycles. The lowest BCUT2D eigenvalue weighted by Crippen LogP contribution is -2.38. The zero-order chi connectivity index (χ0) is 15.7. The van der Waals surface area contributed by atoms with Gasteiger partial charge in [0.25, 0.3) is 0 Å². The number of amides is 1. The van der Waals surface area contributed by atoms with Gasteiger partial charge in [-0.25, -0.2) is 0 Å². The van der Waals surface area contributed by atoms with Crippen molar-refractivity contribution in [1.82, 2.24) is 4.90 Å². The Bertz CT molecular complexity index is 556. The summed E-state index contributed by atoms with van der Waals surface area (Å²) in [6.45, 7) is 3.13. The van der Waals surface area contributed by atoms with Crippen LogP contribution in [0.5, 0.6) is 0 Å². The van der Waals surface area contributed by atoms with Crippen LogP contribution in [0.1, 0.15) is 39.0 Å². The van der Waals surface area contributed by atoms with Gasteiger partial charge in [-0.1, -0.05) is 23.2 Å². The summed E-state index contributed by atoms with van der Waals surface area (Å²) >= 11 is 12.0. The average Bonchev–Trinajstić information content (AvgIpc) is 3.35. The second kappa shape index (κ2) is 6.77. The number of hydrogen-bond donors (Lipinski definition) is 1. The third-order valence-electron chi connectivity index (χ3n) is 4.64. The van der Waals surface area contributed by atoms with Crippen molar-refractivity contribution in [3.63, 3.8) is 0 Å². The maximum atomic E-state index is 12.2. The van der Waals surface area contributed by atoms with Crippen LogP contribution in [0.2, 0.25) is 10.0 Å². The van der Waals surface area contributed by atoms with Crippen molar-refractivity contribution in [2.45, 2.75) is 51.1 Å². The molecule has 2 aliphatic carbocycles. The molecule has 2 aliphatic rings. The minimum Gasteiger partial charge on any atom is -0.325 e. The Morgan fingerprint density at radius 1 is 1.32 bits per heavy atom. The van der Waals surface area contributed by atoms with Gasteiger partial charge in [0.15, 0.2) is 0 Å². The number of rotatable bonds is 7. The molecule has 5 heteroatoms. The highest BCUT2D eigenvalue weighted by Gasteiger charge is 2.38. The Morgan fingerprint density at radius 2 is 2.05 bits per heavy atom. The number of benzene rings is 1. The Morgan fingerprint density at radius 3 is 2.68 bits per heavy atom. The van der Waals surface area contributed by atoms with Crippen LogP contribution in [-0.2, 0) is 4.79 Å². The summed E-state index contributed by atoms with van der Waals surface area (Å²) in [6.07, 6.45) is 5.73. The van der Waals surface area contributed by atoms with Crippen molar-refractivity contribution in [3.05, 3.63) is 28.2 Å². The largest absolute Gasteiger partial charge is 0.325 e. The molecule has 3 nitrogen and oxygen atoms in total. The lowest BCUT2D eigenvalue weighted by Gasteiger charge is -2.29. The number of nitrogens with zero attached hydrogens (tertiary/aromatic N) is 1. The van der Waals surface area contributed by atoms with E-state index in [1.54, 1.807) is 18.2 Å². The van der Waals surface area contributed by atoms with Crippen molar-refractivity contribution in [2.75, 3.05) is 11.9 Å². The average molecular weight is 341 g/mol. The van der Waals surface area contributed by atoms with E-state index in [4.69, 9.17) is 23.2 Å². The molecule has 2 saturated carbocycles. The van der Waals surface area contributed by atoms with Crippen LogP contribution in [0.15, 0.2) is 18.2 Å². The van der Waals surface area contributed by atoms with E-state index in [9.17, 15) is 4.79 Å². The van der Waals surface area contributed by atoms with Crippen LogP contribution in [0.3, 0.4) is 0 Å². The first-order chi connectivity index (χ1) is 10.5. The highest BCUT2D eigenvalue weighted by atomic mass is 35.5. The summed E-state index contributed by atoms with van der Waals surface area (Å²) in [5.41, 5.74) is 0.590. The van der Waals surface area contributed by atoms with Gasteiger partial charge < -0.3 is 5.32 Å². The van der Waals surface area contributed by atoms with Gasteiger partial charge >= 0.3 is 0 Å². The minimum atomic E-state index is -0.00202. The predicted octanol–water partition coefficient (Wildman–Crippen LogP) is 4.58. The van der Waals surface area contributed by atoms with Crippen LogP contribution in [0.4, 0.5) is 5.69 Å². The van der Waals surface area contributed by atoms with E-state index in [1.165, 1.54) is 25.7 Å². The Hall–Kier alpha value is -0.770. The normalized spacial score (nSPS) is 19.3. The molecule has 1 atom stereocenters. The summed E-state index contributed by atoms with van der Waals surface area (Å²) < 4.78 is 0. The van der Waals surface area contributed by atoms with Crippen molar-refractivity contribution >= 4 is 34.8 Å². The Balaban J connectivity index is 1.53. The van der Waals surface area contributed by atoms with Gasteiger partial charge in [-0.3, -0.25) is 9.69 Å². The highest BCUT2D eigenvalue weighted by molar-refractivity contribution is 6.35. The van der Waals surface area contributed by atoms with Gasteiger partial charge in [-0.15, -0.1) is 0 Å². The van der Waals surface area contributed by atoms with Crippen molar-refractivity contribution < 1.29 is 4.79 Å². The molecule has 0 bridgehead atoms. The van der Waals surface area contributed by atoms with Crippen molar-refractivity contribution in [3.8, 4) is 0 Å². The number of nitrogens with one attached hydrogen (secondary N) is 1. The fraction of sp³-hybridized carbons (Fsp3) is 0.588. The first-order valence-corrected chi connectivity index (χ1v) is 8.81. The molecule has 2 fully saturated rings. The lowest BCUT2D eigenvalue weighted by atomic mass is 10.1. The van der Waals surface area contributed by atoms with Crippen LogP contribution in [0.25, 0.3) is 0 Å². The molecule has 1 N–H and O–H groups in total. The zero-order valence-electron chi connectivity index (χ0n) is 12.8. The molecule has 22 heavy (non-hydrogen) atoms. The van der Waals surface area contributed by atoms with Gasteiger partial charge in [-0.2, -0.15) is 0 Å². The van der Waals surface area contributed by atoms with Gasteiger partial charge in [0.2, 0.25) is 5.91 Å². The molecule has 0 aromatic heterocycles. The minimum absolute atomic E-state index is 0.00202. The summed E-state index contributed by atoms with van der Waals surface area (Å²) in [5.74, 6) is 0.837. The SMILES string of the molecule is CC(C1CC1)N(CCC(=O)Nc1cc(Cl)ccc1Cl)C1CC1. The molecular weight excluding hydrogens is 319 g/mol. The molecule has 1 aromatic rings. The smallest absolute Gasteiger partial charge is 0.225 e. The van der Waals surface area contributed by atoms with Crippen molar-refractivity contribution in [1.29, 1.82) is 0 Å². The van der Waals surface area contributed by atoms with E-state index >= 15 is 0 Å². The number of halogens is 2. The molecular formula is C17H22Cl2N2O. The number of anilines is 1. The molecule has 120 valence electrons. The quantitative estimate of drug-likeness (QED) is 0.787. The molecule has 0 aliphatic heterocycles. The van der Waals surface area contributed by atoms with E-state index in [2.05, 4.69) is 17.1 Å². The Kier molecular flexibility index (Phi) is 4.96. The molecule has 1 aromatic carbocycles. The fourth-order valence-corrected chi connectivity index (χ4v) is 3.35. The third kappa shape index (κ3) is 4.15. The highest BCUT2D eigenvalue weighted by Crippen LogP contribution is 2.39. The monoisotopic (exact) mass is 340 g/mol. The van der Waals surface area contributed by atoms with Gasteiger partial charge in [-0.05, 0) is 56.7 Å².